The van der Waals surface area contributed by atoms with Crippen LogP contribution in [0.5, 0.6) is 0 Å². The number of carbonyl (C=O) groups is 1. The number of furan rings is 1. The van der Waals surface area contributed by atoms with E-state index >= 15 is 0 Å². The summed E-state index contributed by atoms with van der Waals surface area (Å²) in [7, 11) is 0. The van der Waals surface area contributed by atoms with Gasteiger partial charge in [0.1, 0.15) is 0 Å². The summed E-state index contributed by atoms with van der Waals surface area (Å²) in [6.07, 6.45) is 3.96. The van der Waals surface area contributed by atoms with Crippen molar-refractivity contribution < 1.29 is 9.21 Å². The number of hydrogen-bond acceptors (Lipinski definition) is 3. The first-order valence-corrected chi connectivity index (χ1v) is 8.34. The first-order chi connectivity index (χ1) is 11.2. The lowest BCUT2D eigenvalue weighted by Gasteiger charge is -2.37. The first kappa shape index (κ1) is 15.8. The van der Waals surface area contributed by atoms with E-state index < -0.39 is 0 Å². The topological polar surface area (TPSA) is 45.5 Å². The van der Waals surface area contributed by atoms with E-state index in [-0.39, 0.29) is 11.9 Å². The normalized spacial score (nSPS) is 17.8. The number of likely N-dealkylation sites (tertiary alicyclic amines) is 1. The minimum Gasteiger partial charge on any atom is -0.459 e. The van der Waals surface area contributed by atoms with Gasteiger partial charge in [0.25, 0.3) is 5.91 Å². The molecule has 1 fully saturated rings. The van der Waals surface area contributed by atoms with Crippen molar-refractivity contribution in [2.75, 3.05) is 19.6 Å². The molecule has 0 spiro atoms. The van der Waals surface area contributed by atoms with Gasteiger partial charge in [-0.15, -0.1) is 0 Å². The van der Waals surface area contributed by atoms with Crippen LogP contribution in [0.2, 0.25) is 0 Å². The zero-order valence-electron chi connectivity index (χ0n) is 13.6. The van der Waals surface area contributed by atoms with Gasteiger partial charge in [0.2, 0.25) is 0 Å². The molecule has 0 radical (unpaired) electrons. The maximum absolute atomic E-state index is 12.2. The monoisotopic (exact) mass is 312 g/mol. The van der Waals surface area contributed by atoms with E-state index in [2.05, 4.69) is 41.4 Å². The summed E-state index contributed by atoms with van der Waals surface area (Å²) in [4.78, 5) is 14.6. The molecule has 1 unspecified atom stereocenters. The Morgan fingerprint density at radius 2 is 1.96 bits per heavy atom. The number of nitrogens with zero attached hydrogens (tertiary/aromatic N) is 1. The highest BCUT2D eigenvalue weighted by Gasteiger charge is 2.25. The lowest BCUT2D eigenvalue weighted by atomic mass is 9.95. The summed E-state index contributed by atoms with van der Waals surface area (Å²) in [6.45, 7) is 5.07. The molecule has 0 saturated carbocycles. The number of amides is 1. The smallest absolute Gasteiger partial charge is 0.287 e. The maximum Gasteiger partial charge on any atom is 0.287 e. The van der Waals surface area contributed by atoms with Crippen LogP contribution in [-0.4, -0.2) is 30.4 Å². The molecule has 4 heteroatoms. The van der Waals surface area contributed by atoms with E-state index in [1.807, 2.05) is 6.07 Å². The first-order valence-electron chi connectivity index (χ1n) is 8.34. The molecule has 2 aromatic rings. The van der Waals surface area contributed by atoms with Crippen molar-refractivity contribution in [3.8, 4) is 0 Å². The van der Waals surface area contributed by atoms with Crippen LogP contribution in [0, 0.1) is 5.92 Å². The fraction of sp³-hybridized carbons (Fsp3) is 0.421. The minimum atomic E-state index is -0.152. The van der Waals surface area contributed by atoms with Gasteiger partial charge in [-0.05, 0) is 49.5 Å². The highest BCUT2D eigenvalue weighted by Crippen LogP contribution is 2.26. The van der Waals surface area contributed by atoms with E-state index in [4.69, 9.17) is 4.42 Å². The lowest BCUT2D eigenvalue weighted by molar-refractivity contribution is 0.0886. The molecular weight excluding hydrogens is 288 g/mol. The van der Waals surface area contributed by atoms with Gasteiger partial charge in [-0.3, -0.25) is 9.69 Å². The van der Waals surface area contributed by atoms with E-state index in [1.54, 1.807) is 12.1 Å². The van der Waals surface area contributed by atoms with Crippen molar-refractivity contribution in [2.24, 2.45) is 5.92 Å². The molecule has 1 aromatic heterocycles. The molecule has 3 rings (SSSR count). The van der Waals surface area contributed by atoms with Crippen LogP contribution in [0.4, 0.5) is 0 Å². The van der Waals surface area contributed by atoms with E-state index in [1.165, 1.54) is 24.7 Å². The zero-order chi connectivity index (χ0) is 16.1. The number of carbonyl (C=O) groups excluding carboxylic acids is 1. The molecule has 122 valence electrons. The molecule has 1 N–H and O–H groups in total. The molecule has 0 aliphatic carbocycles. The minimum absolute atomic E-state index is 0.152. The molecule has 2 heterocycles. The SMILES string of the molecule is CC1CCN(C(CNC(=O)c2ccco2)c2ccccc2)CC1. The molecule has 4 nitrogen and oxygen atoms in total. The molecule has 1 amide bonds. The van der Waals surface area contributed by atoms with Crippen molar-refractivity contribution in [3.63, 3.8) is 0 Å². The highest BCUT2D eigenvalue weighted by atomic mass is 16.3. The van der Waals surface area contributed by atoms with Gasteiger partial charge < -0.3 is 9.73 Å². The molecule has 1 atom stereocenters. The summed E-state index contributed by atoms with van der Waals surface area (Å²) in [5.41, 5.74) is 1.25. The predicted octanol–water partition coefficient (Wildman–Crippen LogP) is 3.48. The number of piperidine rings is 1. The number of rotatable bonds is 5. The summed E-state index contributed by atoms with van der Waals surface area (Å²) in [5.74, 6) is 1.01. The fourth-order valence-corrected chi connectivity index (χ4v) is 3.16. The Kier molecular flexibility index (Phi) is 5.13. The van der Waals surface area contributed by atoms with Gasteiger partial charge in [-0.1, -0.05) is 37.3 Å². The van der Waals surface area contributed by atoms with Gasteiger partial charge in [0, 0.05) is 6.54 Å². The van der Waals surface area contributed by atoms with Gasteiger partial charge in [0.15, 0.2) is 5.76 Å². The second kappa shape index (κ2) is 7.47. The Hall–Kier alpha value is -2.07. The van der Waals surface area contributed by atoms with Crippen LogP contribution in [0.1, 0.15) is 41.9 Å². The second-order valence-electron chi connectivity index (χ2n) is 6.33. The Labute approximate surface area is 137 Å². The summed E-state index contributed by atoms with van der Waals surface area (Å²) < 4.78 is 5.17. The van der Waals surface area contributed by atoms with Gasteiger partial charge in [-0.2, -0.15) is 0 Å². The standard InChI is InChI=1S/C19H24N2O2/c1-15-9-11-21(12-10-15)17(16-6-3-2-4-7-16)14-20-19(22)18-8-5-13-23-18/h2-8,13,15,17H,9-12,14H2,1H3,(H,20,22). The molecule has 0 bridgehead atoms. The van der Waals surface area contributed by atoms with Gasteiger partial charge in [-0.25, -0.2) is 0 Å². The molecule has 1 aliphatic heterocycles. The van der Waals surface area contributed by atoms with Gasteiger partial charge >= 0.3 is 0 Å². The molecule has 23 heavy (non-hydrogen) atoms. The van der Waals surface area contributed by atoms with Crippen LogP contribution in [-0.2, 0) is 0 Å². The Balaban J connectivity index is 1.69. The molecular formula is C19H24N2O2. The summed E-state index contributed by atoms with van der Waals surface area (Å²) in [5, 5.41) is 3.02. The van der Waals surface area contributed by atoms with E-state index in [0.29, 0.717) is 12.3 Å². The predicted molar refractivity (Wildman–Crippen MR) is 90.2 cm³/mol. The quantitative estimate of drug-likeness (QED) is 0.919. The van der Waals surface area contributed by atoms with Crippen LogP contribution in [0.25, 0.3) is 0 Å². The zero-order valence-corrected chi connectivity index (χ0v) is 13.6. The van der Waals surface area contributed by atoms with Crippen LogP contribution >= 0.6 is 0 Å². The average Bonchev–Trinajstić information content (AvgIpc) is 3.12. The van der Waals surface area contributed by atoms with Crippen LogP contribution in [0.3, 0.4) is 0 Å². The summed E-state index contributed by atoms with van der Waals surface area (Å²) >= 11 is 0. The average molecular weight is 312 g/mol. The van der Waals surface area contributed by atoms with Gasteiger partial charge in [0.05, 0.1) is 12.3 Å². The number of hydrogen-bond donors (Lipinski definition) is 1. The largest absolute Gasteiger partial charge is 0.459 e. The van der Waals surface area contributed by atoms with E-state index in [0.717, 1.165) is 19.0 Å². The molecule has 1 aromatic carbocycles. The maximum atomic E-state index is 12.2. The fourth-order valence-electron chi connectivity index (χ4n) is 3.16. The van der Waals surface area contributed by atoms with Crippen molar-refractivity contribution in [1.82, 2.24) is 10.2 Å². The molecule has 1 aliphatic rings. The van der Waals surface area contributed by atoms with E-state index in [9.17, 15) is 4.79 Å². The lowest BCUT2D eigenvalue weighted by Crippen LogP contribution is -2.41. The third-order valence-electron chi connectivity index (χ3n) is 4.64. The summed E-state index contributed by atoms with van der Waals surface area (Å²) in [6, 6.07) is 14.1. The van der Waals surface area contributed by atoms with Crippen molar-refractivity contribution >= 4 is 5.91 Å². The highest BCUT2D eigenvalue weighted by molar-refractivity contribution is 5.91. The molecule has 1 saturated heterocycles. The van der Waals surface area contributed by atoms with Crippen LogP contribution < -0.4 is 5.32 Å². The van der Waals surface area contributed by atoms with Crippen molar-refractivity contribution in [2.45, 2.75) is 25.8 Å². The van der Waals surface area contributed by atoms with Crippen molar-refractivity contribution in [3.05, 3.63) is 60.1 Å². The third-order valence-corrected chi connectivity index (χ3v) is 4.64. The number of benzene rings is 1. The Morgan fingerprint density at radius 3 is 2.61 bits per heavy atom. The second-order valence-corrected chi connectivity index (χ2v) is 6.33. The number of nitrogens with one attached hydrogen (secondary N) is 1. The van der Waals surface area contributed by atoms with Crippen molar-refractivity contribution in [1.29, 1.82) is 0 Å². The Bertz CT molecular complexity index is 602. The third kappa shape index (κ3) is 4.02. The Morgan fingerprint density at radius 1 is 1.22 bits per heavy atom. The van der Waals surface area contributed by atoms with Crippen LogP contribution in [0.15, 0.2) is 53.1 Å².